The summed E-state index contributed by atoms with van der Waals surface area (Å²) in [5.74, 6) is 1.93. The van der Waals surface area contributed by atoms with Gasteiger partial charge in [0.2, 0.25) is 5.95 Å². The van der Waals surface area contributed by atoms with Crippen LogP contribution < -0.4 is 20.1 Å². The average Bonchev–Trinajstić information content (AvgIpc) is 2.64. The fourth-order valence-corrected chi connectivity index (χ4v) is 2.13. The maximum Gasteiger partial charge on any atom is 0.270 e. The fourth-order valence-electron chi connectivity index (χ4n) is 2.13. The molecule has 2 rings (SSSR count). The van der Waals surface area contributed by atoms with Gasteiger partial charge in [-0.2, -0.15) is 0 Å². The number of aromatic nitrogens is 2. The number of rotatable bonds is 8. The summed E-state index contributed by atoms with van der Waals surface area (Å²) in [5.41, 5.74) is 1.22. The highest BCUT2D eigenvalue weighted by Gasteiger charge is 2.10. The third-order valence-corrected chi connectivity index (χ3v) is 3.46. The van der Waals surface area contributed by atoms with E-state index in [2.05, 4.69) is 34.4 Å². The summed E-state index contributed by atoms with van der Waals surface area (Å²) in [6.07, 6.45) is 1.57. The number of amides is 1. The predicted octanol–water partition coefficient (Wildman–Crippen LogP) is 2.49. The molecule has 25 heavy (non-hydrogen) atoms. The van der Waals surface area contributed by atoms with Crippen LogP contribution in [0.1, 0.15) is 29.9 Å². The maximum absolute atomic E-state index is 12.3. The molecule has 7 heteroatoms. The van der Waals surface area contributed by atoms with Crippen LogP contribution in [0.5, 0.6) is 11.5 Å². The molecular formula is C18H24N4O3. The number of carbonyl (C=O) groups is 1. The van der Waals surface area contributed by atoms with Gasteiger partial charge in [0.05, 0.1) is 14.2 Å². The van der Waals surface area contributed by atoms with Gasteiger partial charge in [0.15, 0.2) is 11.5 Å². The monoisotopic (exact) mass is 344 g/mol. The van der Waals surface area contributed by atoms with E-state index >= 15 is 0 Å². The smallest absolute Gasteiger partial charge is 0.270 e. The lowest BCUT2D eigenvalue weighted by Gasteiger charge is -2.11. The molecule has 0 saturated carbocycles. The second-order valence-corrected chi connectivity index (χ2v) is 5.91. The van der Waals surface area contributed by atoms with Gasteiger partial charge in [-0.05, 0) is 29.7 Å². The first-order valence-corrected chi connectivity index (χ1v) is 8.09. The molecule has 1 heterocycles. The minimum absolute atomic E-state index is 0.259. The van der Waals surface area contributed by atoms with Crippen molar-refractivity contribution in [3.63, 3.8) is 0 Å². The van der Waals surface area contributed by atoms with Gasteiger partial charge in [-0.15, -0.1) is 0 Å². The molecule has 0 aliphatic rings. The first-order valence-electron chi connectivity index (χ1n) is 8.09. The minimum Gasteiger partial charge on any atom is -0.493 e. The lowest BCUT2D eigenvalue weighted by atomic mass is 10.2. The Hall–Kier alpha value is -2.83. The largest absolute Gasteiger partial charge is 0.493 e. The van der Waals surface area contributed by atoms with Gasteiger partial charge in [-0.25, -0.2) is 9.97 Å². The molecule has 0 atom stereocenters. The number of methoxy groups -OCH3 is 2. The molecule has 134 valence electrons. The molecule has 0 saturated heterocycles. The van der Waals surface area contributed by atoms with Crippen molar-refractivity contribution in [3.05, 3.63) is 41.7 Å². The SMILES string of the molecule is COc1ccc(CNC(=O)c2ccnc(NCC(C)C)n2)cc1OC. The Balaban J connectivity index is 1.99. The van der Waals surface area contributed by atoms with Crippen molar-refractivity contribution in [1.82, 2.24) is 15.3 Å². The number of nitrogens with one attached hydrogen (secondary N) is 2. The Kier molecular flexibility index (Phi) is 6.56. The topological polar surface area (TPSA) is 85.4 Å². The van der Waals surface area contributed by atoms with E-state index in [1.807, 2.05) is 12.1 Å². The Morgan fingerprint density at radius 1 is 1.16 bits per heavy atom. The van der Waals surface area contributed by atoms with Crippen molar-refractivity contribution in [1.29, 1.82) is 0 Å². The zero-order chi connectivity index (χ0) is 18.2. The summed E-state index contributed by atoms with van der Waals surface area (Å²) >= 11 is 0. The number of anilines is 1. The van der Waals surface area contributed by atoms with E-state index < -0.39 is 0 Å². The summed E-state index contributed by atoms with van der Waals surface area (Å²) in [6, 6.07) is 7.09. The quantitative estimate of drug-likeness (QED) is 0.765. The summed E-state index contributed by atoms with van der Waals surface area (Å²) in [4.78, 5) is 20.7. The number of hydrogen-bond acceptors (Lipinski definition) is 6. The van der Waals surface area contributed by atoms with E-state index in [1.54, 1.807) is 32.5 Å². The van der Waals surface area contributed by atoms with Crippen molar-refractivity contribution in [3.8, 4) is 11.5 Å². The summed E-state index contributed by atoms with van der Waals surface area (Å²) in [5, 5.41) is 5.95. The first-order chi connectivity index (χ1) is 12.0. The van der Waals surface area contributed by atoms with Gasteiger partial charge >= 0.3 is 0 Å². The molecule has 2 aromatic rings. The van der Waals surface area contributed by atoms with Crippen LogP contribution in [0.3, 0.4) is 0 Å². The van der Waals surface area contributed by atoms with Crippen LogP contribution in [-0.4, -0.2) is 36.6 Å². The highest BCUT2D eigenvalue weighted by atomic mass is 16.5. The van der Waals surface area contributed by atoms with Crippen molar-refractivity contribution in [2.75, 3.05) is 26.1 Å². The van der Waals surface area contributed by atoms with Crippen molar-refractivity contribution < 1.29 is 14.3 Å². The molecule has 0 spiro atoms. The molecule has 1 amide bonds. The van der Waals surface area contributed by atoms with Gasteiger partial charge in [-0.3, -0.25) is 4.79 Å². The molecule has 0 radical (unpaired) electrons. The highest BCUT2D eigenvalue weighted by Crippen LogP contribution is 2.27. The number of nitrogens with zero attached hydrogens (tertiary/aromatic N) is 2. The summed E-state index contributed by atoms with van der Waals surface area (Å²) in [6.45, 7) is 5.29. The van der Waals surface area contributed by atoms with Gasteiger partial charge in [0.1, 0.15) is 5.69 Å². The summed E-state index contributed by atoms with van der Waals surface area (Å²) < 4.78 is 10.5. The van der Waals surface area contributed by atoms with Crippen LogP contribution >= 0.6 is 0 Å². The van der Waals surface area contributed by atoms with Gasteiger partial charge < -0.3 is 20.1 Å². The summed E-state index contributed by atoms with van der Waals surface area (Å²) in [7, 11) is 3.16. The zero-order valence-electron chi connectivity index (χ0n) is 15.0. The van der Waals surface area contributed by atoms with E-state index in [9.17, 15) is 4.79 Å². The van der Waals surface area contributed by atoms with Gasteiger partial charge in [0.25, 0.3) is 5.91 Å². The normalized spacial score (nSPS) is 10.4. The Bertz CT molecular complexity index is 719. The van der Waals surface area contributed by atoms with Crippen LogP contribution in [0.25, 0.3) is 0 Å². The number of benzene rings is 1. The molecule has 0 bridgehead atoms. The molecular weight excluding hydrogens is 320 g/mol. The molecule has 0 aliphatic heterocycles. The third kappa shape index (κ3) is 5.34. The van der Waals surface area contributed by atoms with Crippen molar-refractivity contribution in [2.45, 2.75) is 20.4 Å². The van der Waals surface area contributed by atoms with Crippen LogP contribution in [0.15, 0.2) is 30.5 Å². The van der Waals surface area contributed by atoms with Crippen LogP contribution in [-0.2, 0) is 6.54 Å². The fraction of sp³-hybridized carbons (Fsp3) is 0.389. The van der Waals surface area contributed by atoms with Gasteiger partial charge in [-0.1, -0.05) is 19.9 Å². The number of ether oxygens (including phenoxy) is 2. The van der Waals surface area contributed by atoms with E-state index in [1.165, 1.54) is 0 Å². The molecule has 0 unspecified atom stereocenters. The lowest BCUT2D eigenvalue weighted by molar-refractivity contribution is 0.0946. The number of hydrogen-bond donors (Lipinski definition) is 2. The Morgan fingerprint density at radius 3 is 2.60 bits per heavy atom. The molecule has 0 fully saturated rings. The van der Waals surface area contributed by atoms with E-state index in [4.69, 9.17) is 9.47 Å². The van der Waals surface area contributed by atoms with Crippen LogP contribution in [0.2, 0.25) is 0 Å². The Labute approximate surface area is 147 Å². The second-order valence-electron chi connectivity index (χ2n) is 5.91. The lowest BCUT2D eigenvalue weighted by Crippen LogP contribution is -2.24. The van der Waals surface area contributed by atoms with Crippen molar-refractivity contribution >= 4 is 11.9 Å². The van der Waals surface area contributed by atoms with Crippen LogP contribution in [0, 0.1) is 5.92 Å². The van der Waals surface area contributed by atoms with E-state index in [-0.39, 0.29) is 5.91 Å². The molecule has 1 aromatic heterocycles. The van der Waals surface area contributed by atoms with Gasteiger partial charge in [0, 0.05) is 19.3 Å². The molecule has 1 aromatic carbocycles. The maximum atomic E-state index is 12.3. The molecule has 2 N–H and O–H groups in total. The average molecular weight is 344 g/mol. The standard InChI is InChI=1S/C18H24N4O3/c1-12(2)10-21-18-19-8-7-14(22-18)17(23)20-11-13-5-6-15(24-3)16(9-13)25-4/h5-9,12H,10-11H2,1-4H3,(H,20,23)(H,19,21,22). The first kappa shape index (κ1) is 18.5. The predicted molar refractivity (Wildman–Crippen MR) is 96.1 cm³/mol. The van der Waals surface area contributed by atoms with E-state index in [0.717, 1.165) is 12.1 Å². The molecule has 7 nitrogen and oxygen atoms in total. The number of carbonyl (C=O) groups excluding carboxylic acids is 1. The second kappa shape index (κ2) is 8.86. The Morgan fingerprint density at radius 2 is 1.92 bits per heavy atom. The van der Waals surface area contributed by atoms with E-state index in [0.29, 0.717) is 35.6 Å². The molecule has 0 aliphatic carbocycles. The van der Waals surface area contributed by atoms with Crippen molar-refractivity contribution in [2.24, 2.45) is 5.92 Å². The highest BCUT2D eigenvalue weighted by molar-refractivity contribution is 5.92. The zero-order valence-corrected chi connectivity index (χ0v) is 15.0. The minimum atomic E-state index is -0.259. The third-order valence-electron chi connectivity index (χ3n) is 3.46. The van der Waals surface area contributed by atoms with Crippen LogP contribution in [0.4, 0.5) is 5.95 Å².